The molecule has 2 heteroatoms. The largest absolute Gasteiger partial charge is 0.393 e. The van der Waals surface area contributed by atoms with Gasteiger partial charge in [0.05, 0.1) is 6.10 Å². The van der Waals surface area contributed by atoms with Crippen LogP contribution in [0.5, 0.6) is 0 Å². The first kappa shape index (κ1) is 12.4. The molecule has 0 spiro atoms. The summed E-state index contributed by atoms with van der Waals surface area (Å²) in [4.78, 5) is 0. The molecule has 0 heterocycles. The molecule has 94 valence electrons. The summed E-state index contributed by atoms with van der Waals surface area (Å²) < 4.78 is 0. The number of nitrogens with one attached hydrogen (secondary N) is 1. The molecule has 2 fully saturated rings. The molecule has 0 radical (unpaired) electrons. The van der Waals surface area contributed by atoms with Gasteiger partial charge in [0.25, 0.3) is 0 Å². The third-order valence-electron chi connectivity index (χ3n) is 4.48. The van der Waals surface area contributed by atoms with Crippen molar-refractivity contribution in [2.75, 3.05) is 6.54 Å². The fraction of sp³-hybridized carbons (Fsp3) is 1.00. The Morgan fingerprint density at radius 1 is 1.06 bits per heavy atom. The molecular weight excluding hydrogens is 198 g/mol. The number of aliphatic hydroxyl groups is 1. The summed E-state index contributed by atoms with van der Waals surface area (Å²) in [7, 11) is 0. The van der Waals surface area contributed by atoms with Crippen molar-refractivity contribution in [2.24, 2.45) is 11.8 Å². The molecule has 0 aromatic heterocycles. The van der Waals surface area contributed by atoms with Crippen LogP contribution >= 0.6 is 0 Å². The highest BCUT2D eigenvalue weighted by Crippen LogP contribution is 2.28. The fourth-order valence-corrected chi connectivity index (χ4v) is 3.22. The third kappa shape index (κ3) is 3.74. The van der Waals surface area contributed by atoms with Crippen molar-refractivity contribution in [1.29, 1.82) is 0 Å². The molecular formula is C14H27NO. The highest BCUT2D eigenvalue weighted by molar-refractivity contribution is 4.79. The second kappa shape index (κ2) is 6.02. The van der Waals surface area contributed by atoms with E-state index in [1.807, 2.05) is 0 Å². The molecule has 2 aliphatic rings. The van der Waals surface area contributed by atoms with E-state index in [2.05, 4.69) is 12.2 Å². The van der Waals surface area contributed by atoms with E-state index in [1.54, 1.807) is 0 Å². The van der Waals surface area contributed by atoms with Crippen LogP contribution in [-0.2, 0) is 0 Å². The van der Waals surface area contributed by atoms with Gasteiger partial charge in [-0.25, -0.2) is 0 Å². The minimum atomic E-state index is -0.0439. The van der Waals surface area contributed by atoms with Gasteiger partial charge < -0.3 is 10.4 Å². The van der Waals surface area contributed by atoms with Crippen LogP contribution in [0.3, 0.4) is 0 Å². The van der Waals surface area contributed by atoms with Crippen LogP contribution in [0.15, 0.2) is 0 Å². The van der Waals surface area contributed by atoms with Crippen LogP contribution in [0.2, 0.25) is 0 Å². The van der Waals surface area contributed by atoms with Gasteiger partial charge in [-0.1, -0.05) is 19.8 Å². The lowest BCUT2D eigenvalue weighted by Gasteiger charge is -2.31. The molecule has 0 aromatic carbocycles. The maximum Gasteiger partial charge on any atom is 0.0555 e. The first-order valence-electron chi connectivity index (χ1n) is 7.15. The number of hydrogen-bond donors (Lipinski definition) is 2. The van der Waals surface area contributed by atoms with Crippen molar-refractivity contribution < 1.29 is 5.11 Å². The fourth-order valence-electron chi connectivity index (χ4n) is 3.22. The zero-order valence-corrected chi connectivity index (χ0v) is 10.6. The van der Waals surface area contributed by atoms with Crippen LogP contribution in [0.25, 0.3) is 0 Å². The zero-order valence-electron chi connectivity index (χ0n) is 10.6. The molecule has 0 aliphatic heterocycles. The summed E-state index contributed by atoms with van der Waals surface area (Å²) in [5.74, 6) is 1.85. The molecule has 2 aliphatic carbocycles. The lowest BCUT2D eigenvalue weighted by Crippen LogP contribution is -2.39. The van der Waals surface area contributed by atoms with Crippen molar-refractivity contribution in [3.05, 3.63) is 0 Å². The van der Waals surface area contributed by atoms with Crippen molar-refractivity contribution in [1.82, 2.24) is 5.32 Å². The van der Waals surface area contributed by atoms with Gasteiger partial charge in [0.1, 0.15) is 0 Å². The summed E-state index contributed by atoms with van der Waals surface area (Å²) in [5, 5.41) is 13.3. The lowest BCUT2D eigenvalue weighted by molar-refractivity contribution is 0.109. The van der Waals surface area contributed by atoms with E-state index in [-0.39, 0.29) is 6.10 Å². The van der Waals surface area contributed by atoms with E-state index in [0.29, 0.717) is 6.04 Å². The summed E-state index contributed by atoms with van der Waals surface area (Å²) in [6, 6.07) is 0.586. The molecule has 0 amide bonds. The monoisotopic (exact) mass is 225 g/mol. The van der Waals surface area contributed by atoms with E-state index in [9.17, 15) is 5.11 Å². The Morgan fingerprint density at radius 2 is 1.81 bits per heavy atom. The highest BCUT2D eigenvalue weighted by Gasteiger charge is 2.22. The van der Waals surface area contributed by atoms with Crippen LogP contribution in [0, 0.1) is 11.8 Å². The molecule has 2 nitrogen and oxygen atoms in total. The molecule has 0 aromatic rings. The predicted molar refractivity (Wildman–Crippen MR) is 67.4 cm³/mol. The van der Waals surface area contributed by atoms with Crippen LogP contribution < -0.4 is 5.32 Å². The molecule has 2 unspecified atom stereocenters. The smallest absolute Gasteiger partial charge is 0.0555 e. The van der Waals surface area contributed by atoms with E-state index >= 15 is 0 Å². The standard InChI is InChI=1S/C14H27NO/c1-11-5-7-12(8-6-11)10-15-13-3-2-4-14(16)9-13/h11-16H,2-10H2,1H3. The lowest BCUT2D eigenvalue weighted by atomic mass is 9.82. The summed E-state index contributed by atoms with van der Waals surface area (Å²) in [5.41, 5.74) is 0. The van der Waals surface area contributed by atoms with Crippen LogP contribution in [0.4, 0.5) is 0 Å². The first-order chi connectivity index (χ1) is 7.74. The first-order valence-corrected chi connectivity index (χ1v) is 7.15. The summed E-state index contributed by atoms with van der Waals surface area (Å²) in [6.07, 6.45) is 10.0. The highest BCUT2D eigenvalue weighted by atomic mass is 16.3. The second-order valence-electron chi connectivity index (χ2n) is 6.05. The van der Waals surface area contributed by atoms with Gasteiger partial charge >= 0.3 is 0 Å². The van der Waals surface area contributed by atoms with Gasteiger partial charge in [0, 0.05) is 6.04 Å². The maximum atomic E-state index is 9.61. The number of aliphatic hydroxyl groups excluding tert-OH is 1. The Hall–Kier alpha value is -0.0800. The second-order valence-corrected chi connectivity index (χ2v) is 6.05. The van der Waals surface area contributed by atoms with Crippen LogP contribution in [0.1, 0.15) is 58.3 Å². The van der Waals surface area contributed by atoms with Crippen molar-refractivity contribution in [3.8, 4) is 0 Å². The van der Waals surface area contributed by atoms with E-state index < -0.39 is 0 Å². The Morgan fingerprint density at radius 3 is 2.50 bits per heavy atom. The minimum Gasteiger partial charge on any atom is -0.393 e. The van der Waals surface area contributed by atoms with Crippen molar-refractivity contribution >= 4 is 0 Å². The van der Waals surface area contributed by atoms with E-state index in [0.717, 1.165) is 24.7 Å². The normalized spacial score (nSPS) is 40.9. The molecule has 2 N–H and O–H groups in total. The van der Waals surface area contributed by atoms with Gasteiger partial charge in [0.2, 0.25) is 0 Å². The summed E-state index contributed by atoms with van der Waals surface area (Å²) >= 11 is 0. The van der Waals surface area contributed by atoms with Gasteiger partial charge in [-0.15, -0.1) is 0 Å². The molecule has 0 bridgehead atoms. The summed E-state index contributed by atoms with van der Waals surface area (Å²) in [6.45, 7) is 3.56. The SMILES string of the molecule is CC1CCC(CNC2CCCC(O)C2)CC1. The minimum absolute atomic E-state index is 0.0439. The van der Waals surface area contributed by atoms with E-state index in [1.165, 1.54) is 45.1 Å². The topological polar surface area (TPSA) is 32.3 Å². The van der Waals surface area contributed by atoms with Gasteiger partial charge in [-0.3, -0.25) is 0 Å². The van der Waals surface area contributed by atoms with Crippen molar-refractivity contribution in [3.63, 3.8) is 0 Å². The van der Waals surface area contributed by atoms with E-state index in [4.69, 9.17) is 0 Å². The van der Waals surface area contributed by atoms with Gasteiger partial charge in [0.15, 0.2) is 0 Å². The molecule has 16 heavy (non-hydrogen) atoms. The Kier molecular flexibility index (Phi) is 4.66. The molecule has 2 rings (SSSR count). The quantitative estimate of drug-likeness (QED) is 0.774. The van der Waals surface area contributed by atoms with Crippen molar-refractivity contribution in [2.45, 2.75) is 70.4 Å². The average molecular weight is 225 g/mol. The van der Waals surface area contributed by atoms with Crippen LogP contribution in [-0.4, -0.2) is 23.8 Å². The Balaban J connectivity index is 1.63. The maximum absolute atomic E-state index is 9.61. The zero-order chi connectivity index (χ0) is 11.4. The number of rotatable bonds is 3. The number of hydrogen-bond acceptors (Lipinski definition) is 2. The average Bonchev–Trinajstić information content (AvgIpc) is 2.28. The Bertz CT molecular complexity index is 199. The molecule has 2 saturated carbocycles. The third-order valence-corrected chi connectivity index (χ3v) is 4.48. The Labute approximate surface area is 99.8 Å². The predicted octanol–water partition coefficient (Wildman–Crippen LogP) is 2.71. The van der Waals surface area contributed by atoms with Gasteiger partial charge in [-0.2, -0.15) is 0 Å². The van der Waals surface area contributed by atoms with Gasteiger partial charge in [-0.05, 0) is 56.9 Å². The molecule has 2 atom stereocenters. The molecule has 0 saturated heterocycles.